The van der Waals surface area contributed by atoms with Crippen LogP contribution in [-0.2, 0) is 6.42 Å². The van der Waals surface area contributed by atoms with Crippen molar-refractivity contribution >= 4 is 23.0 Å². The lowest BCUT2D eigenvalue weighted by Gasteiger charge is -2.14. The highest BCUT2D eigenvalue weighted by Crippen LogP contribution is 2.29. The molecule has 88 valence electrons. The summed E-state index contributed by atoms with van der Waals surface area (Å²) in [6.07, 6.45) is 2.10. The van der Waals surface area contributed by atoms with E-state index in [1.807, 2.05) is 12.1 Å². The molecule has 0 aliphatic heterocycles. The van der Waals surface area contributed by atoms with E-state index in [9.17, 15) is 0 Å². The predicted molar refractivity (Wildman–Crippen MR) is 72.3 cm³/mol. The van der Waals surface area contributed by atoms with Crippen molar-refractivity contribution in [2.75, 3.05) is 19.5 Å². The number of thiocarbonyl (C=S) groups is 1. The molecule has 0 fully saturated rings. The summed E-state index contributed by atoms with van der Waals surface area (Å²) in [5.74, 6) is 0.877. The van der Waals surface area contributed by atoms with E-state index in [0.717, 1.165) is 24.3 Å². The third kappa shape index (κ3) is 3.10. The summed E-state index contributed by atoms with van der Waals surface area (Å²) in [7, 11) is 3.47. The Labute approximate surface area is 102 Å². The number of para-hydroxylation sites is 1. The first-order chi connectivity index (χ1) is 7.72. The van der Waals surface area contributed by atoms with Gasteiger partial charge in [-0.2, -0.15) is 0 Å². The third-order valence-electron chi connectivity index (χ3n) is 2.30. The van der Waals surface area contributed by atoms with E-state index in [1.54, 1.807) is 14.2 Å². The Kier molecular flexibility index (Phi) is 5.05. The summed E-state index contributed by atoms with van der Waals surface area (Å²) in [5, 5.41) is 6.58. The van der Waals surface area contributed by atoms with Crippen LogP contribution in [0.3, 0.4) is 0 Å². The Balaban J connectivity index is 2.98. The molecule has 16 heavy (non-hydrogen) atoms. The normalized spacial score (nSPS) is 9.69. The molecule has 0 saturated carbocycles. The second-order valence-corrected chi connectivity index (χ2v) is 3.86. The van der Waals surface area contributed by atoms with Gasteiger partial charge in [0.15, 0.2) is 5.11 Å². The molecule has 3 nitrogen and oxygen atoms in total. The first-order valence-corrected chi connectivity index (χ1v) is 5.78. The Hall–Kier alpha value is -1.29. The zero-order valence-electron chi connectivity index (χ0n) is 9.96. The van der Waals surface area contributed by atoms with Gasteiger partial charge in [0, 0.05) is 7.05 Å². The fourth-order valence-electron chi connectivity index (χ4n) is 1.58. The average molecular weight is 238 g/mol. The first kappa shape index (κ1) is 12.8. The minimum Gasteiger partial charge on any atom is -0.494 e. The molecule has 0 atom stereocenters. The highest BCUT2D eigenvalue weighted by atomic mass is 32.1. The number of hydrogen-bond acceptors (Lipinski definition) is 2. The second-order valence-electron chi connectivity index (χ2n) is 3.45. The summed E-state index contributed by atoms with van der Waals surface area (Å²) in [5.41, 5.74) is 2.11. The molecule has 1 rings (SSSR count). The monoisotopic (exact) mass is 238 g/mol. The minimum atomic E-state index is 0.590. The number of hydrogen-bond donors (Lipinski definition) is 2. The molecule has 1 aromatic rings. The maximum atomic E-state index is 5.42. The van der Waals surface area contributed by atoms with Crippen LogP contribution in [0.15, 0.2) is 18.2 Å². The van der Waals surface area contributed by atoms with Crippen LogP contribution in [0.1, 0.15) is 18.9 Å². The molecule has 0 unspecified atom stereocenters. The van der Waals surface area contributed by atoms with Crippen molar-refractivity contribution in [3.63, 3.8) is 0 Å². The Morgan fingerprint density at radius 3 is 2.75 bits per heavy atom. The van der Waals surface area contributed by atoms with Crippen LogP contribution in [0.2, 0.25) is 0 Å². The maximum absolute atomic E-state index is 5.42. The highest BCUT2D eigenvalue weighted by Gasteiger charge is 2.08. The highest BCUT2D eigenvalue weighted by molar-refractivity contribution is 7.80. The summed E-state index contributed by atoms with van der Waals surface area (Å²) in [4.78, 5) is 0. The summed E-state index contributed by atoms with van der Waals surface area (Å²) in [6, 6.07) is 6.05. The number of aryl methyl sites for hydroxylation is 1. The van der Waals surface area contributed by atoms with Crippen molar-refractivity contribution in [1.82, 2.24) is 5.32 Å². The lowest BCUT2D eigenvalue weighted by molar-refractivity contribution is 0.411. The Morgan fingerprint density at radius 1 is 1.44 bits per heavy atom. The van der Waals surface area contributed by atoms with Gasteiger partial charge in [0.2, 0.25) is 0 Å². The fourth-order valence-corrected chi connectivity index (χ4v) is 1.69. The number of rotatable bonds is 4. The number of benzene rings is 1. The molecule has 0 amide bonds. The van der Waals surface area contributed by atoms with Crippen LogP contribution in [0.4, 0.5) is 5.69 Å². The van der Waals surface area contributed by atoms with Crippen molar-refractivity contribution in [3.8, 4) is 5.75 Å². The molecule has 0 aromatic heterocycles. The van der Waals surface area contributed by atoms with Gasteiger partial charge < -0.3 is 15.4 Å². The van der Waals surface area contributed by atoms with E-state index in [4.69, 9.17) is 17.0 Å². The van der Waals surface area contributed by atoms with E-state index < -0.39 is 0 Å². The lowest BCUT2D eigenvalue weighted by Crippen LogP contribution is -2.24. The SMILES string of the molecule is CCCc1cccc(NC(=S)NC)c1OC. The van der Waals surface area contributed by atoms with Crippen molar-refractivity contribution < 1.29 is 4.74 Å². The Morgan fingerprint density at radius 2 is 2.19 bits per heavy atom. The third-order valence-corrected chi connectivity index (χ3v) is 2.60. The maximum Gasteiger partial charge on any atom is 0.170 e. The van der Waals surface area contributed by atoms with Crippen molar-refractivity contribution in [1.29, 1.82) is 0 Å². The van der Waals surface area contributed by atoms with E-state index in [1.165, 1.54) is 5.56 Å². The molecule has 0 aliphatic carbocycles. The number of ether oxygens (including phenoxy) is 1. The number of methoxy groups -OCH3 is 1. The molecule has 0 radical (unpaired) electrons. The van der Waals surface area contributed by atoms with Gasteiger partial charge in [0.05, 0.1) is 12.8 Å². The summed E-state index contributed by atoms with van der Waals surface area (Å²) >= 11 is 5.07. The van der Waals surface area contributed by atoms with Crippen LogP contribution in [0, 0.1) is 0 Å². The first-order valence-electron chi connectivity index (χ1n) is 5.37. The van der Waals surface area contributed by atoms with E-state index >= 15 is 0 Å². The number of nitrogens with one attached hydrogen (secondary N) is 2. The van der Waals surface area contributed by atoms with Crippen molar-refractivity contribution in [2.45, 2.75) is 19.8 Å². The quantitative estimate of drug-likeness (QED) is 0.790. The molecular weight excluding hydrogens is 220 g/mol. The minimum absolute atomic E-state index is 0.590. The van der Waals surface area contributed by atoms with Crippen LogP contribution in [0.5, 0.6) is 5.75 Å². The molecule has 2 N–H and O–H groups in total. The van der Waals surface area contributed by atoms with Gasteiger partial charge in [-0.1, -0.05) is 25.5 Å². The van der Waals surface area contributed by atoms with Gasteiger partial charge >= 0.3 is 0 Å². The van der Waals surface area contributed by atoms with Crippen LogP contribution < -0.4 is 15.4 Å². The average Bonchev–Trinajstić information content (AvgIpc) is 2.29. The molecule has 0 saturated heterocycles. The van der Waals surface area contributed by atoms with E-state index in [-0.39, 0.29) is 0 Å². The number of anilines is 1. The smallest absolute Gasteiger partial charge is 0.170 e. The van der Waals surface area contributed by atoms with E-state index in [2.05, 4.69) is 23.6 Å². The van der Waals surface area contributed by atoms with Gasteiger partial charge in [0.25, 0.3) is 0 Å². The topological polar surface area (TPSA) is 33.3 Å². The van der Waals surface area contributed by atoms with Gasteiger partial charge in [-0.3, -0.25) is 0 Å². The molecule has 0 heterocycles. The van der Waals surface area contributed by atoms with Gasteiger partial charge in [-0.15, -0.1) is 0 Å². The summed E-state index contributed by atoms with van der Waals surface area (Å²) in [6.45, 7) is 2.15. The van der Waals surface area contributed by atoms with Crippen molar-refractivity contribution in [3.05, 3.63) is 23.8 Å². The van der Waals surface area contributed by atoms with Gasteiger partial charge in [-0.25, -0.2) is 0 Å². The molecule has 1 aromatic carbocycles. The standard InChI is InChI=1S/C12H18N2OS/c1-4-6-9-7-5-8-10(11(9)15-3)14-12(16)13-2/h5,7-8H,4,6H2,1-3H3,(H2,13,14,16). The zero-order valence-corrected chi connectivity index (χ0v) is 10.8. The predicted octanol–water partition coefficient (Wildman–Crippen LogP) is 2.56. The molecule has 0 bridgehead atoms. The van der Waals surface area contributed by atoms with Gasteiger partial charge in [0.1, 0.15) is 5.75 Å². The molecule has 0 aliphatic rings. The largest absolute Gasteiger partial charge is 0.494 e. The molecule has 4 heteroatoms. The Bertz CT molecular complexity index is 366. The zero-order chi connectivity index (χ0) is 12.0. The van der Waals surface area contributed by atoms with Crippen molar-refractivity contribution in [2.24, 2.45) is 0 Å². The second kappa shape index (κ2) is 6.33. The molecular formula is C12H18N2OS. The van der Waals surface area contributed by atoms with Crippen LogP contribution in [0.25, 0.3) is 0 Å². The summed E-state index contributed by atoms with van der Waals surface area (Å²) < 4.78 is 5.42. The van der Waals surface area contributed by atoms with E-state index in [0.29, 0.717) is 5.11 Å². The fraction of sp³-hybridized carbons (Fsp3) is 0.417. The van der Waals surface area contributed by atoms with Crippen LogP contribution in [-0.4, -0.2) is 19.3 Å². The lowest BCUT2D eigenvalue weighted by atomic mass is 10.1. The van der Waals surface area contributed by atoms with Gasteiger partial charge in [-0.05, 0) is 30.3 Å². The molecule has 0 spiro atoms. The van der Waals surface area contributed by atoms with Crippen LogP contribution >= 0.6 is 12.2 Å².